The first-order valence-electron chi connectivity index (χ1n) is 11.2. The molecular formula is C24H29N3O6S. The molecule has 0 aliphatic carbocycles. The summed E-state index contributed by atoms with van der Waals surface area (Å²) < 4.78 is 39.1. The smallest absolute Gasteiger partial charge is 0.265 e. The second-order valence-electron chi connectivity index (χ2n) is 8.63. The predicted octanol–water partition coefficient (Wildman–Crippen LogP) is 2.44. The number of carbonyl (C=O) groups is 2. The Morgan fingerprint density at radius 2 is 2.00 bits per heavy atom. The molecule has 2 amide bonds. The molecule has 1 fully saturated rings. The fraction of sp³-hybridized carbons (Fsp3) is 0.417. The van der Waals surface area contributed by atoms with Crippen molar-refractivity contribution in [2.75, 3.05) is 25.5 Å². The summed E-state index contributed by atoms with van der Waals surface area (Å²) in [5, 5.41) is 5.65. The minimum atomic E-state index is -3.85. The Balaban J connectivity index is 1.46. The van der Waals surface area contributed by atoms with Gasteiger partial charge in [0.15, 0.2) is 6.10 Å². The summed E-state index contributed by atoms with van der Waals surface area (Å²) in [6.07, 6.45) is 0.503. The summed E-state index contributed by atoms with van der Waals surface area (Å²) in [4.78, 5) is 24.8. The van der Waals surface area contributed by atoms with Gasteiger partial charge in [0.05, 0.1) is 23.6 Å². The molecule has 1 saturated heterocycles. The van der Waals surface area contributed by atoms with Crippen molar-refractivity contribution in [3.8, 4) is 11.5 Å². The fourth-order valence-electron chi connectivity index (χ4n) is 4.21. The number of hydrogen-bond donors (Lipinski definition) is 2. The van der Waals surface area contributed by atoms with E-state index in [9.17, 15) is 18.0 Å². The van der Waals surface area contributed by atoms with Gasteiger partial charge in [0.1, 0.15) is 11.5 Å². The van der Waals surface area contributed by atoms with Crippen molar-refractivity contribution in [3.63, 3.8) is 0 Å². The van der Waals surface area contributed by atoms with Gasteiger partial charge in [-0.2, -0.15) is 4.31 Å². The zero-order valence-electron chi connectivity index (χ0n) is 19.5. The highest BCUT2D eigenvalue weighted by atomic mass is 32.2. The van der Waals surface area contributed by atoms with E-state index in [0.717, 1.165) is 11.3 Å². The number of benzene rings is 2. The lowest BCUT2D eigenvalue weighted by Crippen LogP contribution is -2.45. The van der Waals surface area contributed by atoms with E-state index in [1.807, 2.05) is 24.3 Å². The van der Waals surface area contributed by atoms with Gasteiger partial charge in [-0.3, -0.25) is 9.59 Å². The minimum absolute atomic E-state index is 0.112. The summed E-state index contributed by atoms with van der Waals surface area (Å²) in [7, 11) is -2.26. The van der Waals surface area contributed by atoms with E-state index in [0.29, 0.717) is 42.9 Å². The van der Waals surface area contributed by atoms with Crippen molar-refractivity contribution in [2.45, 2.75) is 44.2 Å². The van der Waals surface area contributed by atoms with Gasteiger partial charge in [-0.15, -0.1) is 0 Å². The molecule has 2 aliphatic rings. The Hall–Kier alpha value is -3.11. The monoisotopic (exact) mass is 487 g/mol. The third kappa shape index (κ3) is 4.88. The quantitative estimate of drug-likeness (QED) is 0.647. The second kappa shape index (κ2) is 9.63. The number of anilines is 1. The molecule has 9 nitrogen and oxygen atoms in total. The van der Waals surface area contributed by atoms with Gasteiger partial charge in [0.2, 0.25) is 15.9 Å². The number of nitrogens with zero attached hydrogens (tertiary/aromatic N) is 1. The summed E-state index contributed by atoms with van der Waals surface area (Å²) in [6, 6.07) is 10.5. The van der Waals surface area contributed by atoms with Crippen LogP contribution in [0.25, 0.3) is 0 Å². The number of ether oxygens (including phenoxy) is 2. The van der Waals surface area contributed by atoms with Gasteiger partial charge in [-0.25, -0.2) is 8.42 Å². The molecule has 2 N–H and O–H groups in total. The van der Waals surface area contributed by atoms with Crippen LogP contribution in [0.5, 0.6) is 11.5 Å². The van der Waals surface area contributed by atoms with Crippen molar-refractivity contribution in [3.05, 3.63) is 47.5 Å². The van der Waals surface area contributed by atoms with Crippen LogP contribution in [0.15, 0.2) is 41.3 Å². The third-order valence-corrected chi connectivity index (χ3v) is 8.21. The topological polar surface area (TPSA) is 114 Å². The van der Waals surface area contributed by atoms with Crippen molar-refractivity contribution < 1.29 is 27.5 Å². The molecule has 4 rings (SSSR count). The van der Waals surface area contributed by atoms with Crippen molar-refractivity contribution in [1.29, 1.82) is 0 Å². The van der Waals surface area contributed by atoms with Crippen LogP contribution in [0, 0.1) is 12.8 Å². The molecule has 10 heteroatoms. The number of nitrogens with one attached hydrogen (secondary N) is 2. The number of fused-ring (bicyclic) bond motifs is 1. The Kier molecular flexibility index (Phi) is 6.81. The summed E-state index contributed by atoms with van der Waals surface area (Å²) in [5.74, 6) is 0.181. The third-order valence-electron chi connectivity index (χ3n) is 6.21. The number of hydrogen-bond acceptors (Lipinski definition) is 6. The molecule has 2 aliphatic heterocycles. The molecule has 2 aromatic rings. The van der Waals surface area contributed by atoms with Crippen LogP contribution in [-0.2, 0) is 26.2 Å². The van der Waals surface area contributed by atoms with Crippen LogP contribution in [0.1, 0.15) is 30.9 Å². The highest BCUT2D eigenvalue weighted by molar-refractivity contribution is 7.89. The molecule has 2 atom stereocenters. The highest BCUT2D eigenvalue weighted by Crippen LogP contribution is 2.36. The maximum Gasteiger partial charge on any atom is 0.265 e. The van der Waals surface area contributed by atoms with E-state index < -0.39 is 22.0 Å². The van der Waals surface area contributed by atoms with Crippen molar-refractivity contribution >= 4 is 27.5 Å². The van der Waals surface area contributed by atoms with Crippen LogP contribution in [-0.4, -0.2) is 50.8 Å². The lowest BCUT2D eigenvalue weighted by Gasteiger charge is -2.32. The first-order valence-corrected chi connectivity index (χ1v) is 12.7. The molecule has 0 unspecified atom stereocenters. The number of methoxy groups -OCH3 is 1. The van der Waals surface area contributed by atoms with Gasteiger partial charge < -0.3 is 20.1 Å². The summed E-state index contributed by atoms with van der Waals surface area (Å²) >= 11 is 0. The van der Waals surface area contributed by atoms with E-state index in [1.165, 1.54) is 10.4 Å². The molecule has 0 radical (unpaired) electrons. The van der Waals surface area contributed by atoms with E-state index >= 15 is 0 Å². The Bertz CT molecular complexity index is 1200. The zero-order chi connectivity index (χ0) is 24.5. The van der Waals surface area contributed by atoms with Gasteiger partial charge in [-0.05, 0) is 56.0 Å². The molecule has 0 spiro atoms. The number of carbonyl (C=O) groups excluding carboxylic acids is 2. The second-order valence-corrected chi connectivity index (χ2v) is 10.5. The highest BCUT2D eigenvalue weighted by Gasteiger charge is 2.35. The lowest BCUT2D eigenvalue weighted by molar-refractivity contribution is -0.126. The molecule has 2 aromatic carbocycles. The van der Waals surface area contributed by atoms with E-state index in [1.54, 1.807) is 27.0 Å². The molecule has 0 saturated carbocycles. The molecule has 182 valence electrons. The predicted molar refractivity (Wildman–Crippen MR) is 126 cm³/mol. The SMILES string of the molecule is COc1ccc(CNC(=O)[C@@H]2CCCN(S(=O)(=O)c3cc4c(cc3C)NC(=O)[C@H](C)O4)C2)cc1. The number of aryl methyl sites for hydroxylation is 1. The van der Waals surface area contributed by atoms with Crippen molar-refractivity contribution in [1.82, 2.24) is 9.62 Å². The minimum Gasteiger partial charge on any atom is -0.497 e. The average Bonchev–Trinajstić information content (AvgIpc) is 2.83. The summed E-state index contributed by atoms with van der Waals surface area (Å²) in [5.41, 5.74) is 1.89. The first-order chi connectivity index (χ1) is 16.2. The number of rotatable bonds is 6. The normalized spacial score (nSPS) is 20.6. The van der Waals surface area contributed by atoms with Crippen LogP contribution in [0.4, 0.5) is 5.69 Å². The molecule has 0 aromatic heterocycles. The maximum atomic E-state index is 13.5. The van der Waals surface area contributed by atoms with Gasteiger partial charge >= 0.3 is 0 Å². The van der Waals surface area contributed by atoms with Crippen LogP contribution in [0.2, 0.25) is 0 Å². The molecule has 0 bridgehead atoms. The maximum absolute atomic E-state index is 13.5. The molecular weight excluding hydrogens is 458 g/mol. The zero-order valence-corrected chi connectivity index (χ0v) is 20.3. The number of sulfonamides is 1. The van der Waals surface area contributed by atoms with E-state index in [4.69, 9.17) is 9.47 Å². The number of amides is 2. The van der Waals surface area contributed by atoms with Gasteiger partial charge in [-0.1, -0.05) is 12.1 Å². The molecule has 2 heterocycles. The Morgan fingerprint density at radius 3 is 2.71 bits per heavy atom. The largest absolute Gasteiger partial charge is 0.497 e. The van der Waals surface area contributed by atoms with Crippen molar-refractivity contribution in [2.24, 2.45) is 5.92 Å². The fourth-order valence-corrected chi connectivity index (χ4v) is 5.96. The molecule has 34 heavy (non-hydrogen) atoms. The number of piperidine rings is 1. The van der Waals surface area contributed by atoms with Crippen LogP contribution >= 0.6 is 0 Å². The average molecular weight is 488 g/mol. The first kappa shape index (κ1) is 24.0. The van der Waals surface area contributed by atoms with Crippen LogP contribution < -0.4 is 20.1 Å². The lowest BCUT2D eigenvalue weighted by atomic mass is 9.99. The van der Waals surface area contributed by atoms with E-state index in [2.05, 4.69) is 10.6 Å². The Morgan fingerprint density at radius 1 is 1.26 bits per heavy atom. The standard InChI is InChI=1S/C24H29N3O6S/c1-15-11-20-21(33-16(2)23(28)26-20)12-22(15)34(30,31)27-10-4-5-18(14-27)24(29)25-13-17-6-8-19(32-3)9-7-17/h6-9,11-12,16,18H,4-5,10,13-14H2,1-3H3,(H,25,29)(H,26,28)/t16-,18+/m0/s1. The van der Waals surface area contributed by atoms with Crippen LogP contribution in [0.3, 0.4) is 0 Å². The van der Waals surface area contributed by atoms with Gasteiger partial charge in [0, 0.05) is 25.7 Å². The Labute approximate surface area is 199 Å². The van der Waals surface area contributed by atoms with Gasteiger partial charge in [0.25, 0.3) is 5.91 Å². The van der Waals surface area contributed by atoms with E-state index in [-0.39, 0.29) is 23.3 Å². The summed E-state index contributed by atoms with van der Waals surface area (Å²) in [6.45, 7) is 4.10.